The summed E-state index contributed by atoms with van der Waals surface area (Å²) in [4.78, 5) is 27.8. The monoisotopic (exact) mass is 362 g/mol. The smallest absolute Gasteiger partial charge is 0.358 e. The minimum atomic E-state index is -0.458. The van der Waals surface area contributed by atoms with Crippen LogP contribution in [0.5, 0.6) is 0 Å². The summed E-state index contributed by atoms with van der Waals surface area (Å²) in [6.07, 6.45) is 6.41. The first-order valence-corrected chi connectivity index (χ1v) is 8.39. The van der Waals surface area contributed by atoms with Crippen LogP contribution < -0.4 is 5.32 Å². The van der Waals surface area contributed by atoms with Gasteiger partial charge in [-0.25, -0.2) is 9.48 Å². The molecule has 1 amide bonds. The normalized spacial score (nSPS) is 10.7. The third-order valence-corrected chi connectivity index (χ3v) is 3.57. The number of amides is 1. The van der Waals surface area contributed by atoms with Crippen molar-refractivity contribution in [2.75, 3.05) is 11.9 Å². The van der Waals surface area contributed by atoms with Gasteiger partial charge >= 0.3 is 5.97 Å². The van der Waals surface area contributed by atoms with Gasteiger partial charge in [-0.05, 0) is 55.5 Å². The zero-order chi connectivity index (χ0) is 19.1. The SMILES string of the molecule is CCOC(=O)c1ccn(-c2ccc(NC(=O)C=Cc3ccccn3)cc2)n1. The Morgan fingerprint density at radius 2 is 1.96 bits per heavy atom. The molecule has 0 spiro atoms. The molecule has 7 heteroatoms. The van der Waals surface area contributed by atoms with Crippen LogP contribution in [-0.4, -0.2) is 33.2 Å². The molecule has 136 valence electrons. The molecular formula is C20H18N4O3. The molecular weight excluding hydrogens is 344 g/mol. The molecule has 0 aliphatic rings. The Hall–Kier alpha value is -3.74. The minimum Gasteiger partial charge on any atom is -0.461 e. The van der Waals surface area contributed by atoms with Crippen molar-refractivity contribution in [1.29, 1.82) is 0 Å². The van der Waals surface area contributed by atoms with Crippen molar-refractivity contribution in [3.8, 4) is 5.69 Å². The highest BCUT2D eigenvalue weighted by Gasteiger charge is 2.10. The maximum Gasteiger partial charge on any atom is 0.358 e. The average Bonchev–Trinajstić information content (AvgIpc) is 3.18. The highest BCUT2D eigenvalue weighted by Crippen LogP contribution is 2.14. The van der Waals surface area contributed by atoms with E-state index in [2.05, 4.69) is 15.4 Å². The maximum atomic E-state index is 12.0. The van der Waals surface area contributed by atoms with E-state index in [9.17, 15) is 9.59 Å². The lowest BCUT2D eigenvalue weighted by atomic mass is 10.2. The number of rotatable bonds is 6. The molecule has 0 aliphatic carbocycles. The number of ether oxygens (including phenoxy) is 1. The summed E-state index contributed by atoms with van der Waals surface area (Å²) in [5, 5.41) is 6.96. The first kappa shape index (κ1) is 18.1. The Bertz CT molecular complexity index is 947. The number of hydrogen-bond donors (Lipinski definition) is 1. The Kier molecular flexibility index (Phi) is 5.73. The number of pyridine rings is 1. The van der Waals surface area contributed by atoms with Gasteiger partial charge in [-0.2, -0.15) is 5.10 Å². The summed E-state index contributed by atoms with van der Waals surface area (Å²) in [7, 11) is 0. The van der Waals surface area contributed by atoms with E-state index in [0.717, 1.165) is 5.69 Å². The largest absolute Gasteiger partial charge is 0.461 e. The van der Waals surface area contributed by atoms with Crippen LogP contribution in [-0.2, 0) is 9.53 Å². The number of nitrogens with one attached hydrogen (secondary N) is 1. The molecule has 0 fully saturated rings. The second-order valence-electron chi connectivity index (χ2n) is 5.49. The van der Waals surface area contributed by atoms with E-state index in [-0.39, 0.29) is 11.6 Å². The topological polar surface area (TPSA) is 86.1 Å². The summed E-state index contributed by atoms with van der Waals surface area (Å²) in [6.45, 7) is 2.04. The summed E-state index contributed by atoms with van der Waals surface area (Å²) in [5.74, 6) is -0.711. The summed E-state index contributed by atoms with van der Waals surface area (Å²) in [5.41, 5.74) is 2.35. The number of aromatic nitrogens is 3. The van der Waals surface area contributed by atoms with Crippen molar-refractivity contribution >= 4 is 23.6 Å². The lowest BCUT2D eigenvalue weighted by Gasteiger charge is -2.05. The van der Waals surface area contributed by atoms with Gasteiger partial charge in [0, 0.05) is 24.2 Å². The number of carbonyl (C=O) groups is 2. The fourth-order valence-corrected chi connectivity index (χ4v) is 2.30. The van der Waals surface area contributed by atoms with Crippen LogP contribution in [0.15, 0.2) is 67.0 Å². The van der Waals surface area contributed by atoms with Crippen LogP contribution in [0.4, 0.5) is 5.69 Å². The number of carbonyl (C=O) groups excluding carboxylic acids is 2. The lowest BCUT2D eigenvalue weighted by Crippen LogP contribution is -2.08. The molecule has 1 N–H and O–H groups in total. The number of nitrogens with zero attached hydrogens (tertiary/aromatic N) is 3. The van der Waals surface area contributed by atoms with Gasteiger partial charge in [0.1, 0.15) is 0 Å². The standard InChI is InChI=1S/C20H18N4O3/c1-2-27-20(26)18-12-14-24(23-18)17-9-6-16(7-10-17)22-19(25)11-8-15-5-3-4-13-21-15/h3-14H,2H2,1H3,(H,22,25). The van der Waals surface area contributed by atoms with Gasteiger partial charge in [0.2, 0.25) is 5.91 Å². The van der Waals surface area contributed by atoms with Crippen LogP contribution in [0.25, 0.3) is 11.8 Å². The van der Waals surface area contributed by atoms with Gasteiger partial charge in [0.05, 0.1) is 18.0 Å². The molecule has 0 aliphatic heterocycles. The second-order valence-corrected chi connectivity index (χ2v) is 5.49. The van der Waals surface area contributed by atoms with Crippen LogP contribution in [0, 0.1) is 0 Å². The number of benzene rings is 1. The van der Waals surface area contributed by atoms with Gasteiger partial charge in [-0.15, -0.1) is 0 Å². The van der Waals surface area contributed by atoms with Crippen LogP contribution in [0.1, 0.15) is 23.1 Å². The van der Waals surface area contributed by atoms with Crippen LogP contribution in [0.3, 0.4) is 0 Å². The van der Waals surface area contributed by atoms with Gasteiger partial charge in [-0.1, -0.05) is 6.07 Å². The van der Waals surface area contributed by atoms with Gasteiger partial charge < -0.3 is 10.1 Å². The molecule has 27 heavy (non-hydrogen) atoms. The molecule has 7 nitrogen and oxygen atoms in total. The quantitative estimate of drug-likeness (QED) is 0.538. The molecule has 2 heterocycles. The first-order chi connectivity index (χ1) is 13.2. The molecule has 3 rings (SSSR count). The highest BCUT2D eigenvalue weighted by atomic mass is 16.5. The predicted octanol–water partition coefficient (Wildman–Crippen LogP) is 3.10. The van der Waals surface area contributed by atoms with Gasteiger partial charge in [0.15, 0.2) is 5.69 Å². The van der Waals surface area contributed by atoms with E-state index in [1.54, 1.807) is 60.4 Å². The average molecular weight is 362 g/mol. The van der Waals surface area contributed by atoms with E-state index < -0.39 is 5.97 Å². The Balaban J connectivity index is 1.62. The summed E-state index contributed by atoms with van der Waals surface area (Å²) >= 11 is 0. The molecule has 2 aromatic heterocycles. The molecule has 0 radical (unpaired) electrons. The van der Waals surface area contributed by atoms with Crippen molar-refractivity contribution in [2.45, 2.75) is 6.92 Å². The second kappa shape index (κ2) is 8.57. The molecule has 0 unspecified atom stereocenters. The van der Waals surface area contributed by atoms with E-state index in [4.69, 9.17) is 4.74 Å². The Morgan fingerprint density at radius 3 is 2.67 bits per heavy atom. The zero-order valence-corrected chi connectivity index (χ0v) is 14.7. The first-order valence-electron chi connectivity index (χ1n) is 8.39. The molecule has 1 aromatic carbocycles. The number of hydrogen-bond acceptors (Lipinski definition) is 5. The van der Waals surface area contributed by atoms with Gasteiger partial charge in [-0.3, -0.25) is 9.78 Å². The maximum absolute atomic E-state index is 12.0. The summed E-state index contributed by atoms with van der Waals surface area (Å²) < 4.78 is 6.49. The zero-order valence-electron chi connectivity index (χ0n) is 14.7. The van der Waals surface area contributed by atoms with Gasteiger partial charge in [0.25, 0.3) is 0 Å². The number of anilines is 1. The van der Waals surface area contributed by atoms with Crippen LogP contribution in [0.2, 0.25) is 0 Å². The fourth-order valence-electron chi connectivity index (χ4n) is 2.30. The lowest BCUT2D eigenvalue weighted by molar-refractivity contribution is -0.111. The molecule has 0 saturated heterocycles. The number of esters is 1. The third kappa shape index (κ3) is 4.88. The Morgan fingerprint density at radius 1 is 1.15 bits per heavy atom. The Labute approximate surface area is 156 Å². The molecule has 3 aromatic rings. The third-order valence-electron chi connectivity index (χ3n) is 3.57. The van der Waals surface area contributed by atoms with E-state index in [0.29, 0.717) is 18.0 Å². The van der Waals surface area contributed by atoms with E-state index in [1.165, 1.54) is 6.08 Å². The van der Waals surface area contributed by atoms with E-state index in [1.807, 2.05) is 18.2 Å². The van der Waals surface area contributed by atoms with Crippen molar-refractivity contribution in [2.24, 2.45) is 0 Å². The molecule has 0 atom stereocenters. The predicted molar refractivity (Wildman–Crippen MR) is 101 cm³/mol. The fraction of sp³-hybridized carbons (Fsp3) is 0.100. The van der Waals surface area contributed by atoms with Crippen molar-refractivity contribution in [1.82, 2.24) is 14.8 Å². The molecule has 0 saturated carbocycles. The molecule has 0 bridgehead atoms. The van der Waals surface area contributed by atoms with Crippen molar-refractivity contribution < 1.29 is 14.3 Å². The van der Waals surface area contributed by atoms with E-state index >= 15 is 0 Å². The van der Waals surface area contributed by atoms with Crippen molar-refractivity contribution in [3.63, 3.8) is 0 Å². The van der Waals surface area contributed by atoms with Crippen LogP contribution >= 0.6 is 0 Å². The highest BCUT2D eigenvalue weighted by molar-refractivity contribution is 6.01. The minimum absolute atomic E-state index is 0.244. The van der Waals surface area contributed by atoms with Crippen molar-refractivity contribution in [3.05, 3.63) is 78.4 Å². The summed E-state index contributed by atoms with van der Waals surface area (Å²) in [6, 6.07) is 14.2.